The van der Waals surface area contributed by atoms with Gasteiger partial charge in [0, 0.05) is 18.0 Å². The Balaban J connectivity index is 2.72. The summed E-state index contributed by atoms with van der Waals surface area (Å²) in [5, 5.41) is 10.4. The zero-order chi connectivity index (χ0) is 11.3. The molecule has 1 rings (SSSR count). The van der Waals surface area contributed by atoms with Gasteiger partial charge in [-0.15, -0.1) is 0 Å². The Kier molecular flexibility index (Phi) is 4.28. The number of unbranched alkanes of at least 4 members (excludes halogenated alkanes) is 2. The summed E-state index contributed by atoms with van der Waals surface area (Å²) in [7, 11) is 0. The fourth-order valence-corrected chi connectivity index (χ4v) is 1.88. The Morgan fingerprint density at radius 1 is 1.40 bits per heavy atom. The molecule has 2 nitrogen and oxygen atoms in total. The van der Waals surface area contributed by atoms with Crippen LogP contribution in [0.25, 0.3) is 0 Å². The minimum Gasteiger partial charge on any atom is -0.385 e. The summed E-state index contributed by atoms with van der Waals surface area (Å²) in [5.74, 6) is 0. The van der Waals surface area contributed by atoms with Crippen LogP contribution in [0.3, 0.4) is 0 Å². The first-order valence-electron chi connectivity index (χ1n) is 5.71. The van der Waals surface area contributed by atoms with Crippen molar-refractivity contribution in [3.8, 4) is 0 Å². The Morgan fingerprint density at radius 2 is 2.13 bits per heavy atom. The summed E-state index contributed by atoms with van der Waals surface area (Å²) in [5.41, 5.74) is 1.35. The number of pyridine rings is 1. The van der Waals surface area contributed by atoms with Crippen LogP contribution < -0.4 is 0 Å². The van der Waals surface area contributed by atoms with E-state index in [9.17, 15) is 5.11 Å². The Labute approximate surface area is 92.4 Å². The number of aryl methyl sites for hydroxylation is 1. The molecule has 0 saturated carbocycles. The maximum Gasteiger partial charge on any atom is 0.0885 e. The van der Waals surface area contributed by atoms with Crippen molar-refractivity contribution < 1.29 is 5.11 Å². The third-order valence-corrected chi connectivity index (χ3v) is 2.89. The van der Waals surface area contributed by atoms with Crippen molar-refractivity contribution in [3.05, 3.63) is 29.6 Å². The first-order chi connectivity index (χ1) is 7.08. The summed E-state index contributed by atoms with van der Waals surface area (Å²) >= 11 is 0. The zero-order valence-corrected chi connectivity index (χ0v) is 9.95. The lowest BCUT2D eigenvalue weighted by atomic mass is 9.89. The molecule has 15 heavy (non-hydrogen) atoms. The van der Waals surface area contributed by atoms with E-state index in [1.807, 2.05) is 19.9 Å². The topological polar surface area (TPSA) is 33.1 Å². The number of nitrogens with zero attached hydrogens (tertiary/aromatic N) is 1. The molecule has 0 aliphatic heterocycles. The third-order valence-electron chi connectivity index (χ3n) is 2.89. The number of rotatable bonds is 5. The van der Waals surface area contributed by atoms with Gasteiger partial charge >= 0.3 is 0 Å². The summed E-state index contributed by atoms with van der Waals surface area (Å²) < 4.78 is 0. The fourth-order valence-electron chi connectivity index (χ4n) is 1.88. The number of hydrogen-bond acceptors (Lipinski definition) is 2. The summed E-state index contributed by atoms with van der Waals surface area (Å²) in [4.78, 5) is 4.08. The maximum absolute atomic E-state index is 10.4. The second kappa shape index (κ2) is 5.26. The van der Waals surface area contributed by atoms with Crippen LogP contribution in [0.5, 0.6) is 0 Å². The van der Waals surface area contributed by atoms with Gasteiger partial charge in [0.2, 0.25) is 0 Å². The van der Waals surface area contributed by atoms with Crippen molar-refractivity contribution in [2.75, 3.05) is 0 Å². The van der Waals surface area contributed by atoms with Crippen LogP contribution in [0.1, 0.15) is 50.7 Å². The highest BCUT2D eigenvalue weighted by Crippen LogP contribution is 2.28. The largest absolute Gasteiger partial charge is 0.385 e. The predicted molar refractivity (Wildman–Crippen MR) is 62.7 cm³/mol. The van der Waals surface area contributed by atoms with Gasteiger partial charge < -0.3 is 5.11 Å². The molecule has 0 aromatic carbocycles. The first kappa shape index (κ1) is 12.2. The molecular formula is C13H21NO. The summed E-state index contributed by atoms with van der Waals surface area (Å²) in [6, 6.07) is 1.95. The van der Waals surface area contributed by atoms with Gasteiger partial charge in [0.25, 0.3) is 0 Å². The normalized spacial score (nSPS) is 14.9. The Morgan fingerprint density at radius 3 is 2.73 bits per heavy atom. The van der Waals surface area contributed by atoms with Crippen LogP contribution in [0, 0.1) is 6.92 Å². The molecule has 0 spiro atoms. The van der Waals surface area contributed by atoms with Crippen molar-refractivity contribution in [1.29, 1.82) is 0 Å². The van der Waals surface area contributed by atoms with E-state index in [2.05, 4.69) is 11.9 Å². The second-order valence-electron chi connectivity index (χ2n) is 4.42. The number of aromatic nitrogens is 1. The molecule has 1 aromatic rings. The quantitative estimate of drug-likeness (QED) is 0.752. The molecule has 0 aliphatic carbocycles. The van der Waals surface area contributed by atoms with E-state index in [1.54, 1.807) is 12.4 Å². The lowest BCUT2D eigenvalue weighted by Crippen LogP contribution is -2.22. The van der Waals surface area contributed by atoms with Crippen molar-refractivity contribution in [1.82, 2.24) is 4.98 Å². The Bertz CT molecular complexity index is 307. The predicted octanol–water partition coefficient (Wildman–Crippen LogP) is 3.18. The van der Waals surface area contributed by atoms with Gasteiger partial charge in [0.05, 0.1) is 5.60 Å². The average Bonchev–Trinajstić information content (AvgIpc) is 2.18. The van der Waals surface area contributed by atoms with Crippen LogP contribution >= 0.6 is 0 Å². The van der Waals surface area contributed by atoms with E-state index < -0.39 is 5.60 Å². The molecule has 0 fully saturated rings. The molecule has 0 radical (unpaired) electrons. The van der Waals surface area contributed by atoms with Gasteiger partial charge in [-0.25, -0.2) is 0 Å². The van der Waals surface area contributed by atoms with Crippen molar-refractivity contribution in [2.24, 2.45) is 0 Å². The molecule has 1 N–H and O–H groups in total. The molecule has 0 amide bonds. The lowest BCUT2D eigenvalue weighted by molar-refractivity contribution is 0.0440. The second-order valence-corrected chi connectivity index (χ2v) is 4.42. The SMILES string of the molecule is CCCCCC(C)(O)c1cnccc1C. The molecule has 84 valence electrons. The molecule has 2 heteroatoms. The number of aliphatic hydroxyl groups is 1. The maximum atomic E-state index is 10.4. The average molecular weight is 207 g/mol. The Hall–Kier alpha value is -0.890. The van der Waals surface area contributed by atoms with Crippen LogP contribution in [-0.4, -0.2) is 10.1 Å². The third kappa shape index (κ3) is 3.31. The van der Waals surface area contributed by atoms with Crippen LogP contribution in [-0.2, 0) is 5.60 Å². The summed E-state index contributed by atoms with van der Waals surface area (Å²) in [6.07, 6.45) is 7.78. The van der Waals surface area contributed by atoms with E-state index in [0.29, 0.717) is 0 Å². The molecule has 1 unspecified atom stereocenters. The van der Waals surface area contributed by atoms with E-state index >= 15 is 0 Å². The minimum atomic E-state index is -0.729. The van der Waals surface area contributed by atoms with Gasteiger partial charge in [-0.3, -0.25) is 4.98 Å². The molecule has 1 atom stereocenters. The molecule has 0 aliphatic rings. The molecule has 0 bridgehead atoms. The summed E-state index contributed by atoms with van der Waals surface area (Å²) in [6.45, 7) is 6.07. The van der Waals surface area contributed by atoms with Crippen LogP contribution in [0.2, 0.25) is 0 Å². The molecule has 1 aromatic heterocycles. The fraction of sp³-hybridized carbons (Fsp3) is 0.615. The van der Waals surface area contributed by atoms with E-state index in [0.717, 1.165) is 24.0 Å². The van der Waals surface area contributed by atoms with Gasteiger partial charge in [-0.2, -0.15) is 0 Å². The highest BCUT2D eigenvalue weighted by molar-refractivity contribution is 5.27. The molecule has 1 heterocycles. The monoisotopic (exact) mass is 207 g/mol. The van der Waals surface area contributed by atoms with E-state index in [4.69, 9.17) is 0 Å². The lowest BCUT2D eigenvalue weighted by Gasteiger charge is -2.25. The zero-order valence-electron chi connectivity index (χ0n) is 9.95. The van der Waals surface area contributed by atoms with Crippen LogP contribution in [0.15, 0.2) is 18.5 Å². The van der Waals surface area contributed by atoms with Crippen molar-refractivity contribution in [3.63, 3.8) is 0 Å². The standard InChI is InChI=1S/C13H21NO/c1-4-5-6-8-13(3,15)12-10-14-9-7-11(12)2/h7,9-10,15H,4-6,8H2,1-3H3. The van der Waals surface area contributed by atoms with Gasteiger partial charge in [-0.1, -0.05) is 26.2 Å². The van der Waals surface area contributed by atoms with Gasteiger partial charge in [0.1, 0.15) is 0 Å². The first-order valence-corrected chi connectivity index (χ1v) is 5.71. The van der Waals surface area contributed by atoms with Crippen LogP contribution in [0.4, 0.5) is 0 Å². The highest BCUT2D eigenvalue weighted by Gasteiger charge is 2.24. The van der Waals surface area contributed by atoms with Crippen molar-refractivity contribution in [2.45, 2.75) is 52.1 Å². The number of hydrogen-bond donors (Lipinski definition) is 1. The van der Waals surface area contributed by atoms with Gasteiger partial charge in [-0.05, 0) is 31.9 Å². The van der Waals surface area contributed by atoms with Crippen molar-refractivity contribution >= 4 is 0 Å². The minimum absolute atomic E-state index is 0.729. The molecular weight excluding hydrogens is 186 g/mol. The van der Waals surface area contributed by atoms with E-state index in [1.165, 1.54) is 12.8 Å². The highest BCUT2D eigenvalue weighted by atomic mass is 16.3. The molecule has 0 saturated heterocycles. The smallest absolute Gasteiger partial charge is 0.0885 e. The van der Waals surface area contributed by atoms with E-state index in [-0.39, 0.29) is 0 Å². The van der Waals surface area contributed by atoms with Gasteiger partial charge in [0.15, 0.2) is 0 Å².